The van der Waals surface area contributed by atoms with Crippen molar-refractivity contribution in [2.24, 2.45) is 0 Å². The van der Waals surface area contributed by atoms with Gasteiger partial charge in [0, 0.05) is 5.57 Å². The molecule has 0 radical (unpaired) electrons. The van der Waals surface area contributed by atoms with Crippen LogP contribution in [-0.4, -0.2) is 23.5 Å². The summed E-state index contributed by atoms with van der Waals surface area (Å²) in [5.41, 5.74) is 2.05. The number of amides is 1. The highest BCUT2D eigenvalue weighted by atomic mass is 16.4. The van der Waals surface area contributed by atoms with E-state index in [0.717, 1.165) is 11.1 Å². The minimum Gasteiger partial charge on any atom is -0.480 e. The molecule has 0 aromatic heterocycles. The molecule has 2 rings (SSSR count). The minimum absolute atomic E-state index is 0.405. The van der Waals surface area contributed by atoms with Gasteiger partial charge in [-0.15, -0.1) is 0 Å². The smallest absolute Gasteiger partial charge is 0.322 e. The Kier molecular flexibility index (Phi) is 4.88. The molecule has 0 saturated heterocycles. The van der Waals surface area contributed by atoms with Crippen LogP contribution in [0.5, 0.6) is 0 Å². The maximum absolute atomic E-state index is 12.2. The summed E-state index contributed by atoms with van der Waals surface area (Å²) in [6.07, 6.45) is 1.74. The van der Waals surface area contributed by atoms with Crippen LogP contribution in [0.3, 0.4) is 0 Å². The second-order valence-corrected chi connectivity index (χ2v) is 4.41. The third kappa shape index (κ3) is 4.31. The van der Waals surface area contributed by atoms with Crippen molar-refractivity contribution in [3.8, 4) is 0 Å². The lowest BCUT2D eigenvalue weighted by atomic mass is 10.0. The van der Waals surface area contributed by atoms with Crippen molar-refractivity contribution in [2.75, 3.05) is 6.54 Å². The van der Waals surface area contributed by atoms with Crippen LogP contribution in [0.25, 0.3) is 11.6 Å². The van der Waals surface area contributed by atoms with E-state index in [1.54, 1.807) is 6.08 Å². The average Bonchev–Trinajstić information content (AvgIpc) is 2.52. The lowest BCUT2D eigenvalue weighted by Crippen LogP contribution is -2.29. The summed E-state index contributed by atoms with van der Waals surface area (Å²) in [6, 6.07) is 18.6. The van der Waals surface area contributed by atoms with Gasteiger partial charge in [-0.2, -0.15) is 0 Å². The Morgan fingerprint density at radius 1 is 0.952 bits per heavy atom. The van der Waals surface area contributed by atoms with Crippen molar-refractivity contribution < 1.29 is 14.7 Å². The first-order valence-corrected chi connectivity index (χ1v) is 6.49. The Morgan fingerprint density at radius 2 is 1.52 bits per heavy atom. The fraction of sp³-hybridized carbons (Fsp3) is 0.0588. The number of aliphatic carboxylic acids is 1. The predicted molar refractivity (Wildman–Crippen MR) is 81.4 cm³/mol. The molecule has 0 bridgehead atoms. The van der Waals surface area contributed by atoms with E-state index in [0.29, 0.717) is 5.57 Å². The van der Waals surface area contributed by atoms with Crippen LogP contribution in [0.15, 0.2) is 60.7 Å². The van der Waals surface area contributed by atoms with Crippen LogP contribution in [-0.2, 0) is 9.59 Å². The van der Waals surface area contributed by atoms with Crippen molar-refractivity contribution in [3.05, 3.63) is 71.8 Å². The Bertz CT molecular complexity index is 648. The molecular formula is C17H15NO3. The number of carboxylic acid groups (broad SMARTS) is 1. The molecule has 0 spiro atoms. The normalized spacial score (nSPS) is 11.0. The van der Waals surface area contributed by atoms with E-state index in [2.05, 4.69) is 5.32 Å². The van der Waals surface area contributed by atoms with Crippen LogP contribution in [0.2, 0.25) is 0 Å². The molecule has 106 valence electrons. The van der Waals surface area contributed by atoms with Crippen molar-refractivity contribution >= 4 is 23.5 Å². The van der Waals surface area contributed by atoms with Gasteiger partial charge in [0.15, 0.2) is 0 Å². The fourth-order valence-electron chi connectivity index (χ4n) is 1.86. The zero-order valence-corrected chi connectivity index (χ0v) is 11.3. The highest BCUT2D eigenvalue weighted by Crippen LogP contribution is 2.18. The molecule has 1 amide bonds. The van der Waals surface area contributed by atoms with Gasteiger partial charge in [-0.05, 0) is 17.2 Å². The van der Waals surface area contributed by atoms with Gasteiger partial charge < -0.3 is 10.4 Å². The molecule has 0 unspecified atom stereocenters. The van der Waals surface area contributed by atoms with E-state index in [-0.39, 0.29) is 0 Å². The molecule has 0 heterocycles. The van der Waals surface area contributed by atoms with Gasteiger partial charge in [0.1, 0.15) is 6.54 Å². The Morgan fingerprint density at radius 3 is 2.10 bits per heavy atom. The van der Waals surface area contributed by atoms with E-state index in [1.165, 1.54) is 0 Å². The number of carbonyl (C=O) groups is 2. The first kappa shape index (κ1) is 14.5. The summed E-state index contributed by atoms with van der Waals surface area (Å²) in [6.45, 7) is -0.405. The monoisotopic (exact) mass is 281 g/mol. The van der Waals surface area contributed by atoms with Crippen molar-refractivity contribution in [3.63, 3.8) is 0 Å². The molecule has 2 aromatic carbocycles. The quantitative estimate of drug-likeness (QED) is 0.653. The first-order chi connectivity index (χ1) is 10.2. The van der Waals surface area contributed by atoms with Gasteiger partial charge in [0.05, 0.1) is 0 Å². The minimum atomic E-state index is -1.07. The molecule has 4 nitrogen and oxygen atoms in total. The van der Waals surface area contributed by atoms with Gasteiger partial charge in [-0.1, -0.05) is 60.7 Å². The first-order valence-electron chi connectivity index (χ1n) is 6.49. The lowest BCUT2D eigenvalue weighted by molar-refractivity contribution is -0.137. The molecule has 0 aliphatic carbocycles. The summed E-state index contributed by atoms with van der Waals surface area (Å²) in [4.78, 5) is 22.8. The molecule has 0 fully saturated rings. The summed E-state index contributed by atoms with van der Waals surface area (Å²) < 4.78 is 0. The van der Waals surface area contributed by atoms with Crippen molar-refractivity contribution in [1.29, 1.82) is 0 Å². The van der Waals surface area contributed by atoms with E-state index >= 15 is 0 Å². The van der Waals surface area contributed by atoms with Crippen molar-refractivity contribution in [2.45, 2.75) is 0 Å². The van der Waals surface area contributed by atoms with Crippen LogP contribution < -0.4 is 5.32 Å². The Hall–Kier alpha value is -2.88. The average molecular weight is 281 g/mol. The zero-order valence-electron chi connectivity index (χ0n) is 11.3. The maximum Gasteiger partial charge on any atom is 0.322 e. The summed E-state index contributed by atoms with van der Waals surface area (Å²) >= 11 is 0. The van der Waals surface area contributed by atoms with E-state index in [4.69, 9.17) is 5.11 Å². The van der Waals surface area contributed by atoms with Gasteiger partial charge in [0.25, 0.3) is 5.91 Å². The molecule has 2 N–H and O–H groups in total. The Balaban J connectivity index is 2.33. The molecule has 4 heteroatoms. The van der Waals surface area contributed by atoms with Crippen LogP contribution >= 0.6 is 0 Å². The van der Waals surface area contributed by atoms with Gasteiger partial charge >= 0.3 is 5.97 Å². The third-order valence-electron chi connectivity index (χ3n) is 2.84. The Labute approximate surface area is 122 Å². The number of carboxylic acids is 1. The number of nitrogens with one attached hydrogen (secondary N) is 1. The SMILES string of the molecule is O=C(O)CNC(=O)/C(=C/c1ccccc1)c1ccccc1. The molecule has 0 aliphatic heterocycles. The van der Waals surface area contributed by atoms with Gasteiger partial charge in [-0.3, -0.25) is 9.59 Å². The van der Waals surface area contributed by atoms with E-state index in [1.807, 2.05) is 60.7 Å². The highest BCUT2D eigenvalue weighted by molar-refractivity contribution is 6.24. The van der Waals surface area contributed by atoms with Crippen LogP contribution in [0.4, 0.5) is 0 Å². The second-order valence-electron chi connectivity index (χ2n) is 4.41. The molecule has 2 aromatic rings. The van der Waals surface area contributed by atoms with Crippen LogP contribution in [0.1, 0.15) is 11.1 Å². The number of benzene rings is 2. The summed E-state index contributed by atoms with van der Waals surface area (Å²) in [7, 11) is 0. The standard InChI is InChI=1S/C17H15NO3/c19-16(20)12-18-17(21)15(14-9-5-2-6-10-14)11-13-7-3-1-4-8-13/h1-11H,12H2,(H,18,21)(H,19,20)/b15-11+. The topological polar surface area (TPSA) is 66.4 Å². The lowest BCUT2D eigenvalue weighted by Gasteiger charge is -2.08. The molecule has 0 saturated carbocycles. The maximum atomic E-state index is 12.2. The molecule has 21 heavy (non-hydrogen) atoms. The molecular weight excluding hydrogens is 266 g/mol. The van der Waals surface area contributed by atoms with E-state index in [9.17, 15) is 9.59 Å². The number of carbonyl (C=O) groups excluding carboxylic acids is 1. The second kappa shape index (κ2) is 7.05. The summed E-state index contributed by atoms with van der Waals surface area (Å²) in [5.74, 6) is -1.48. The largest absolute Gasteiger partial charge is 0.480 e. The number of hydrogen-bond donors (Lipinski definition) is 2. The fourth-order valence-corrected chi connectivity index (χ4v) is 1.86. The van der Waals surface area contributed by atoms with Gasteiger partial charge in [-0.25, -0.2) is 0 Å². The zero-order chi connectivity index (χ0) is 15.1. The molecule has 0 atom stereocenters. The highest BCUT2D eigenvalue weighted by Gasteiger charge is 2.12. The molecule has 0 aliphatic rings. The van der Waals surface area contributed by atoms with Crippen molar-refractivity contribution in [1.82, 2.24) is 5.32 Å². The number of hydrogen-bond acceptors (Lipinski definition) is 2. The van der Waals surface area contributed by atoms with E-state index < -0.39 is 18.4 Å². The van der Waals surface area contributed by atoms with Crippen LogP contribution in [0, 0.1) is 0 Å². The summed E-state index contributed by atoms with van der Waals surface area (Å²) in [5, 5.41) is 11.1. The van der Waals surface area contributed by atoms with Gasteiger partial charge in [0.2, 0.25) is 0 Å². The predicted octanol–water partition coefficient (Wildman–Crippen LogP) is 2.43. The third-order valence-corrected chi connectivity index (χ3v) is 2.84. The number of rotatable bonds is 5.